The first-order chi connectivity index (χ1) is 16.6. The van der Waals surface area contributed by atoms with Gasteiger partial charge in [0.1, 0.15) is 11.0 Å². The van der Waals surface area contributed by atoms with Crippen LogP contribution < -0.4 is 4.90 Å². The van der Waals surface area contributed by atoms with Gasteiger partial charge in [0.15, 0.2) is 9.84 Å². The molecule has 35 heavy (non-hydrogen) atoms. The van der Waals surface area contributed by atoms with Gasteiger partial charge >= 0.3 is 6.09 Å². The summed E-state index contributed by atoms with van der Waals surface area (Å²) in [5.41, 5.74) is 1.22. The van der Waals surface area contributed by atoms with Crippen LogP contribution in [0.5, 0.6) is 0 Å². The standard InChI is InChI=1S/C24H32ClN5O4S/c1-17-15-30(18(2)14-29(17)23-26-12-22(13-27-23)35(3,32)33)24(31)34-21-8-10-28(11-9-21)16-19-4-6-20(25)7-5-19/h4-7,12-13,17-18,21H,8-11,14-16H2,1-3H3/t17-,18+/m0/s1. The van der Waals surface area contributed by atoms with Crippen LogP contribution in [0.1, 0.15) is 32.3 Å². The number of hydrogen-bond donors (Lipinski definition) is 0. The molecule has 2 aliphatic rings. The number of nitrogens with zero attached hydrogens (tertiary/aromatic N) is 5. The summed E-state index contributed by atoms with van der Waals surface area (Å²) >= 11 is 5.97. The molecule has 190 valence electrons. The molecule has 0 N–H and O–H groups in total. The van der Waals surface area contributed by atoms with Gasteiger partial charge in [-0.3, -0.25) is 4.90 Å². The van der Waals surface area contributed by atoms with E-state index in [1.165, 1.54) is 18.0 Å². The zero-order chi connectivity index (χ0) is 25.2. The van der Waals surface area contributed by atoms with Crippen molar-refractivity contribution in [3.05, 3.63) is 47.2 Å². The highest BCUT2D eigenvalue weighted by Gasteiger charge is 2.35. The van der Waals surface area contributed by atoms with Gasteiger partial charge < -0.3 is 14.5 Å². The Morgan fingerprint density at radius 2 is 1.69 bits per heavy atom. The third-order valence-electron chi connectivity index (χ3n) is 6.64. The molecule has 0 unspecified atom stereocenters. The van der Waals surface area contributed by atoms with Gasteiger partial charge in [-0.15, -0.1) is 0 Å². The van der Waals surface area contributed by atoms with Crippen molar-refractivity contribution in [1.29, 1.82) is 0 Å². The topological polar surface area (TPSA) is 95.9 Å². The molecule has 9 nitrogen and oxygen atoms in total. The number of aromatic nitrogens is 2. The van der Waals surface area contributed by atoms with E-state index in [1.54, 1.807) is 4.90 Å². The molecule has 2 fully saturated rings. The number of halogens is 1. The maximum absolute atomic E-state index is 13.0. The Labute approximate surface area is 212 Å². The normalized spacial score (nSPS) is 22.3. The second-order valence-corrected chi connectivity index (χ2v) is 11.9. The molecule has 1 aromatic carbocycles. The molecule has 0 aliphatic carbocycles. The molecular formula is C24H32ClN5O4S. The molecule has 1 aromatic heterocycles. The summed E-state index contributed by atoms with van der Waals surface area (Å²) in [4.78, 5) is 27.7. The van der Waals surface area contributed by atoms with Gasteiger partial charge in [0, 0.05) is 56.1 Å². The van der Waals surface area contributed by atoms with Gasteiger partial charge in [-0.1, -0.05) is 23.7 Å². The lowest BCUT2D eigenvalue weighted by Crippen LogP contribution is -2.59. The number of amides is 1. The Balaban J connectivity index is 1.28. The van der Waals surface area contributed by atoms with E-state index in [0.717, 1.165) is 43.8 Å². The Kier molecular flexibility index (Phi) is 7.83. The number of carbonyl (C=O) groups is 1. The van der Waals surface area contributed by atoms with E-state index in [1.807, 2.05) is 43.0 Å². The Hall–Kier alpha value is -2.43. The number of benzene rings is 1. The SMILES string of the molecule is C[C@@H]1CN(c2ncc(S(C)(=O)=O)cn2)[C@@H](C)CN1C(=O)OC1CCN(Cc2ccc(Cl)cc2)CC1. The first kappa shape index (κ1) is 25.7. The van der Waals surface area contributed by atoms with Crippen LogP contribution in [0.25, 0.3) is 0 Å². The van der Waals surface area contributed by atoms with Crippen molar-refractivity contribution in [3.63, 3.8) is 0 Å². The molecule has 1 amide bonds. The number of anilines is 1. The van der Waals surface area contributed by atoms with Crippen LogP contribution >= 0.6 is 11.6 Å². The highest BCUT2D eigenvalue weighted by molar-refractivity contribution is 7.90. The summed E-state index contributed by atoms with van der Waals surface area (Å²) in [5.74, 6) is 0.456. The average molecular weight is 522 g/mol. The van der Waals surface area contributed by atoms with E-state index in [4.69, 9.17) is 16.3 Å². The van der Waals surface area contributed by atoms with Crippen LogP contribution in [0.3, 0.4) is 0 Å². The summed E-state index contributed by atoms with van der Waals surface area (Å²) in [6.45, 7) is 7.60. The number of rotatable bonds is 5. The number of piperidine rings is 1. The van der Waals surface area contributed by atoms with E-state index >= 15 is 0 Å². The monoisotopic (exact) mass is 521 g/mol. The van der Waals surface area contributed by atoms with Crippen molar-refractivity contribution in [3.8, 4) is 0 Å². The third-order valence-corrected chi connectivity index (χ3v) is 7.96. The number of sulfone groups is 1. The fourth-order valence-electron chi connectivity index (χ4n) is 4.55. The number of carbonyl (C=O) groups excluding carboxylic acids is 1. The molecule has 0 saturated carbocycles. The van der Waals surface area contributed by atoms with Gasteiger partial charge in [0.25, 0.3) is 0 Å². The third kappa shape index (κ3) is 6.42. The maximum Gasteiger partial charge on any atom is 0.410 e. The fraction of sp³-hybridized carbons (Fsp3) is 0.542. The quantitative estimate of drug-likeness (QED) is 0.591. The zero-order valence-electron chi connectivity index (χ0n) is 20.3. The predicted octanol–water partition coefficient (Wildman–Crippen LogP) is 3.23. The molecule has 11 heteroatoms. The number of piperazine rings is 1. The van der Waals surface area contributed by atoms with Crippen molar-refractivity contribution in [2.45, 2.75) is 56.3 Å². The molecule has 0 radical (unpaired) electrons. The van der Waals surface area contributed by atoms with Crippen molar-refractivity contribution in [1.82, 2.24) is 19.8 Å². The van der Waals surface area contributed by atoms with Crippen LogP contribution in [-0.4, -0.2) is 84.9 Å². The summed E-state index contributed by atoms with van der Waals surface area (Å²) in [5, 5.41) is 0.737. The average Bonchev–Trinajstić information content (AvgIpc) is 2.82. The minimum absolute atomic E-state index is 0.0379. The number of hydrogen-bond acceptors (Lipinski definition) is 8. The number of likely N-dealkylation sites (tertiary alicyclic amines) is 1. The fourth-order valence-corrected chi connectivity index (χ4v) is 5.17. The summed E-state index contributed by atoms with van der Waals surface area (Å²) < 4.78 is 29.2. The van der Waals surface area contributed by atoms with E-state index in [9.17, 15) is 13.2 Å². The van der Waals surface area contributed by atoms with Gasteiger partial charge in [-0.2, -0.15) is 0 Å². The van der Waals surface area contributed by atoms with Crippen LogP contribution in [0.2, 0.25) is 5.02 Å². The van der Waals surface area contributed by atoms with Gasteiger partial charge in [0.05, 0.1) is 12.4 Å². The van der Waals surface area contributed by atoms with Crippen molar-refractivity contribution < 1.29 is 17.9 Å². The lowest BCUT2D eigenvalue weighted by Gasteiger charge is -2.44. The molecule has 2 aromatic rings. The Morgan fingerprint density at radius 1 is 1.06 bits per heavy atom. The van der Waals surface area contributed by atoms with Gasteiger partial charge in [-0.05, 0) is 44.4 Å². The van der Waals surface area contributed by atoms with Crippen LogP contribution in [0, 0.1) is 0 Å². The molecular weight excluding hydrogens is 490 g/mol. The van der Waals surface area contributed by atoms with E-state index in [-0.39, 0.29) is 29.2 Å². The summed E-state index contributed by atoms with van der Waals surface area (Å²) in [7, 11) is -3.35. The first-order valence-electron chi connectivity index (χ1n) is 11.8. The highest BCUT2D eigenvalue weighted by atomic mass is 35.5. The molecule has 2 saturated heterocycles. The minimum Gasteiger partial charge on any atom is -0.446 e. The highest BCUT2D eigenvalue weighted by Crippen LogP contribution is 2.23. The van der Waals surface area contributed by atoms with Gasteiger partial charge in [0.2, 0.25) is 5.95 Å². The predicted molar refractivity (Wildman–Crippen MR) is 134 cm³/mol. The zero-order valence-corrected chi connectivity index (χ0v) is 21.9. The van der Waals surface area contributed by atoms with Crippen molar-refractivity contribution in [2.24, 2.45) is 0 Å². The molecule has 3 heterocycles. The van der Waals surface area contributed by atoms with Crippen molar-refractivity contribution >= 4 is 33.5 Å². The Morgan fingerprint density at radius 3 is 2.29 bits per heavy atom. The number of ether oxygens (including phenoxy) is 1. The largest absolute Gasteiger partial charge is 0.446 e. The summed E-state index contributed by atoms with van der Waals surface area (Å²) in [6.07, 6.45) is 5.03. The second-order valence-electron chi connectivity index (χ2n) is 9.48. The lowest BCUT2D eigenvalue weighted by atomic mass is 10.1. The van der Waals surface area contributed by atoms with E-state index < -0.39 is 9.84 Å². The van der Waals surface area contributed by atoms with E-state index in [2.05, 4.69) is 14.9 Å². The first-order valence-corrected chi connectivity index (χ1v) is 14.1. The Bertz CT molecular complexity index is 1120. The molecule has 2 aliphatic heterocycles. The molecule has 4 rings (SSSR count). The molecule has 0 bridgehead atoms. The summed E-state index contributed by atoms with van der Waals surface area (Å²) in [6, 6.07) is 7.77. The molecule has 0 spiro atoms. The lowest BCUT2D eigenvalue weighted by molar-refractivity contribution is 0.0165. The minimum atomic E-state index is -3.35. The van der Waals surface area contributed by atoms with Crippen LogP contribution in [0.4, 0.5) is 10.7 Å². The molecule has 2 atom stereocenters. The smallest absolute Gasteiger partial charge is 0.410 e. The van der Waals surface area contributed by atoms with E-state index in [0.29, 0.717) is 19.0 Å². The van der Waals surface area contributed by atoms with Crippen LogP contribution in [-0.2, 0) is 21.1 Å². The van der Waals surface area contributed by atoms with Crippen molar-refractivity contribution in [2.75, 3.05) is 37.3 Å². The van der Waals surface area contributed by atoms with Crippen LogP contribution in [0.15, 0.2) is 41.6 Å². The maximum atomic E-state index is 13.0. The second kappa shape index (κ2) is 10.7. The van der Waals surface area contributed by atoms with Gasteiger partial charge in [-0.25, -0.2) is 23.2 Å².